The Hall–Kier alpha value is -2.83. The van der Waals surface area contributed by atoms with Crippen molar-refractivity contribution in [3.63, 3.8) is 0 Å². The molecule has 2 unspecified atom stereocenters. The van der Waals surface area contributed by atoms with Gasteiger partial charge < -0.3 is 34.3 Å². The summed E-state index contributed by atoms with van der Waals surface area (Å²) in [5.74, 6) is -6.63. The minimum atomic E-state index is -2.14. The Morgan fingerprint density at radius 1 is 1.12 bits per heavy atom. The molecule has 3 aliphatic carbocycles. The highest BCUT2D eigenvalue weighted by molar-refractivity contribution is 6.26. The van der Waals surface area contributed by atoms with Gasteiger partial charge in [0, 0.05) is 31.1 Å². The fourth-order valence-electron chi connectivity index (χ4n) is 7.89. The Kier molecular flexibility index (Phi) is 7.83. The molecule has 0 aromatic heterocycles. The molecule has 2 saturated carbocycles. The Morgan fingerprint density at radius 3 is 2.33 bits per heavy atom. The van der Waals surface area contributed by atoms with Crippen LogP contribution >= 0.6 is 11.6 Å². The van der Waals surface area contributed by atoms with Gasteiger partial charge in [-0.3, -0.25) is 14.4 Å². The third kappa shape index (κ3) is 4.46. The van der Waals surface area contributed by atoms with E-state index in [-0.39, 0.29) is 30.6 Å². The first-order valence-corrected chi connectivity index (χ1v) is 14.8. The second-order valence-corrected chi connectivity index (χ2v) is 13.1. The molecule has 1 aromatic rings. The molecule has 1 aromatic carbocycles. The second kappa shape index (κ2) is 10.7. The van der Waals surface area contributed by atoms with Crippen molar-refractivity contribution in [2.45, 2.75) is 83.1 Å². The number of carbonyl (C=O) groups is 4. The lowest BCUT2D eigenvalue weighted by atomic mass is 9.45. The van der Waals surface area contributed by atoms with Crippen LogP contribution in [0.4, 0.5) is 0 Å². The molecule has 234 valence electrons. The van der Waals surface area contributed by atoms with Crippen LogP contribution in [0.1, 0.15) is 57.8 Å². The van der Waals surface area contributed by atoms with Gasteiger partial charge in [-0.05, 0) is 24.6 Å². The van der Waals surface area contributed by atoms with Gasteiger partial charge in [-0.2, -0.15) is 0 Å². The van der Waals surface area contributed by atoms with E-state index < -0.39 is 93.6 Å². The number of halogens is 1. The molecular weight excluding hydrogens is 584 g/mol. The summed E-state index contributed by atoms with van der Waals surface area (Å²) in [4.78, 5) is 53.8. The molecule has 9 atom stereocenters. The normalized spacial score (nSPS) is 39.7. The summed E-state index contributed by atoms with van der Waals surface area (Å²) < 4.78 is 23.5. The van der Waals surface area contributed by atoms with Gasteiger partial charge in [0.25, 0.3) is 0 Å². The van der Waals surface area contributed by atoms with Crippen LogP contribution in [0.5, 0.6) is 0 Å². The van der Waals surface area contributed by atoms with E-state index in [1.807, 2.05) is 0 Å². The van der Waals surface area contributed by atoms with Crippen LogP contribution in [0.3, 0.4) is 0 Å². The first-order valence-electron chi connectivity index (χ1n) is 14.3. The highest BCUT2D eigenvalue weighted by atomic mass is 35.5. The van der Waals surface area contributed by atoms with Crippen LogP contribution in [0.25, 0.3) is 0 Å². The predicted molar refractivity (Wildman–Crippen MR) is 149 cm³/mol. The van der Waals surface area contributed by atoms with E-state index in [9.17, 15) is 34.5 Å². The Morgan fingerprint density at radius 2 is 1.77 bits per heavy atom. The van der Waals surface area contributed by atoms with Gasteiger partial charge in [0.15, 0.2) is 11.4 Å². The number of hydrogen-bond acceptors (Lipinski definition) is 11. The zero-order chi connectivity index (χ0) is 31.7. The SMILES string of the molecule is CC(=O)O[C@@]12CO[C@@H]1C[C@H](O)[C@@]1(C)C(=O)C(OC(=O)CCl)=C3C(C)[C@@H](O)C[C@@](O)([C@@H](OC(=O)c4ccccc4)C12)C3(C)C. The van der Waals surface area contributed by atoms with E-state index in [0.29, 0.717) is 0 Å². The monoisotopic (exact) mass is 620 g/mol. The van der Waals surface area contributed by atoms with E-state index >= 15 is 0 Å². The summed E-state index contributed by atoms with van der Waals surface area (Å²) in [6.07, 6.45) is -5.77. The molecule has 43 heavy (non-hydrogen) atoms. The number of rotatable bonds is 5. The first-order chi connectivity index (χ1) is 20.1. The maximum absolute atomic E-state index is 14.8. The molecule has 0 amide bonds. The van der Waals surface area contributed by atoms with Crippen molar-refractivity contribution in [2.75, 3.05) is 12.5 Å². The highest BCUT2D eigenvalue weighted by Gasteiger charge is 2.77. The number of hydrogen-bond donors (Lipinski definition) is 3. The number of benzene rings is 1. The van der Waals surface area contributed by atoms with E-state index in [2.05, 4.69) is 0 Å². The van der Waals surface area contributed by atoms with Gasteiger partial charge in [-0.1, -0.05) is 39.0 Å². The summed E-state index contributed by atoms with van der Waals surface area (Å²) in [5.41, 5.74) is -6.94. The molecule has 1 heterocycles. The molecule has 3 fully saturated rings. The van der Waals surface area contributed by atoms with Crippen LogP contribution in [-0.4, -0.2) is 87.1 Å². The molecule has 12 heteroatoms. The molecule has 3 N–H and O–H groups in total. The van der Waals surface area contributed by atoms with Gasteiger partial charge >= 0.3 is 17.9 Å². The summed E-state index contributed by atoms with van der Waals surface area (Å²) in [6, 6.07) is 8.01. The zero-order valence-corrected chi connectivity index (χ0v) is 25.4. The third-order valence-electron chi connectivity index (χ3n) is 10.3. The number of fused-ring (bicyclic) bond motifs is 5. The number of ketones is 1. The van der Waals surface area contributed by atoms with Gasteiger partial charge in [-0.25, -0.2) is 4.79 Å². The molecule has 5 rings (SSSR count). The van der Waals surface area contributed by atoms with Crippen molar-refractivity contribution < 1.29 is 53.4 Å². The van der Waals surface area contributed by atoms with E-state index in [0.717, 1.165) is 0 Å². The summed E-state index contributed by atoms with van der Waals surface area (Å²) >= 11 is 5.77. The summed E-state index contributed by atoms with van der Waals surface area (Å²) in [6.45, 7) is 7.21. The number of esters is 3. The molecule has 0 radical (unpaired) electrons. The van der Waals surface area contributed by atoms with E-state index in [1.165, 1.54) is 26.0 Å². The lowest BCUT2D eigenvalue weighted by Gasteiger charge is -2.67. The predicted octanol–water partition coefficient (Wildman–Crippen LogP) is 2.08. The van der Waals surface area contributed by atoms with Crippen molar-refractivity contribution in [3.8, 4) is 0 Å². The number of Topliss-reactive ketones (excluding diaryl/α,β-unsaturated/α-hetero) is 1. The Bertz CT molecular complexity index is 1370. The fourth-order valence-corrected chi connectivity index (χ4v) is 7.95. The minimum absolute atomic E-state index is 0.110. The zero-order valence-electron chi connectivity index (χ0n) is 24.7. The molecule has 2 bridgehead atoms. The number of allylic oxidation sites excluding steroid dienone is 1. The first kappa shape index (κ1) is 31.6. The van der Waals surface area contributed by atoms with Crippen molar-refractivity contribution in [1.29, 1.82) is 0 Å². The van der Waals surface area contributed by atoms with Crippen LogP contribution in [-0.2, 0) is 33.3 Å². The van der Waals surface area contributed by atoms with Gasteiger partial charge in [0.05, 0.1) is 35.7 Å². The van der Waals surface area contributed by atoms with Crippen molar-refractivity contribution in [2.24, 2.45) is 22.7 Å². The molecular formula is C31H37ClO11. The van der Waals surface area contributed by atoms with Crippen molar-refractivity contribution >= 4 is 35.3 Å². The third-order valence-corrected chi connectivity index (χ3v) is 10.5. The van der Waals surface area contributed by atoms with Crippen molar-refractivity contribution in [3.05, 3.63) is 47.2 Å². The van der Waals surface area contributed by atoms with Crippen LogP contribution in [0, 0.1) is 22.7 Å². The Balaban J connectivity index is 1.86. The quantitative estimate of drug-likeness (QED) is 0.251. The fraction of sp³-hybridized carbons (Fsp3) is 0.613. The lowest BCUT2D eigenvalue weighted by molar-refractivity contribution is -0.345. The van der Waals surface area contributed by atoms with Gasteiger partial charge in [0.2, 0.25) is 5.78 Å². The molecule has 4 aliphatic rings. The van der Waals surface area contributed by atoms with Crippen molar-refractivity contribution in [1.82, 2.24) is 0 Å². The van der Waals surface area contributed by atoms with Crippen LogP contribution in [0.2, 0.25) is 0 Å². The smallest absolute Gasteiger partial charge is 0.338 e. The number of aliphatic hydroxyl groups is 3. The van der Waals surface area contributed by atoms with Crippen LogP contribution < -0.4 is 0 Å². The minimum Gasteiger partial charge on any atom is -0.455 e. The molecule has 1 aliphatic heterocycles. The van der Waals surface area contributed by atoms with Gasteiger partial charge in [-0.15, -0.1) is 11.6 Å². The largest absolute Gasteiger partial charge is 0.455 e. The average molecular weight is 621 g/mol. The molecule has 0 spiro atoms. The maximum Gasteiger partial charge on any atom is 0.338 e. The molecule has 1 saturated heterocycles. The van der Waals surface area contributed by atoms with Crippen LogP contribution in [0.15, 0.2) is 41.7 Å². The second-order valence-electron chi connectivity index (χ2n) is 12.8. The summed E-state index contributed by atoms with van der Waals surface area (Å²) in [7, 11) is 0. The highest BCUT2D eigenvalue weighted by Crippen LogP contribution is 2.64. The maximum atomic E-state index is 14.8. The number of aliphatic hydroxyl groups excluding tert-OH is 2. The standard InChI is InChI=1S/C31H37ClO11/c1-15-18(34)12-31(39)26(42-27(38)17-9-7-6-8-10-17)24-29(5,19(35)11-20-30(24,14-40-20)43-16(2)33)25(37)23(41-21(36)13-32)22(15)28(31,3)4/h6-10,15,18-20,24,26,34-35,39H,11-14H2,1-5H3/t15?,18-,19-,20+,24?,26-,29+,30-,31+/m0/s1. The topological polar surface area (TPSA) is 166 Å². The average Bonchev–Trinajstić information content (AvgIpc) is 2.95. The lowest BCUT2D eigenvalue weighted by Crippen LogP contribution is -2.81. The van der Waals surface area contributed by atoms with E-state index in [1.54, 1.807) is 39.0 Å². The number of alkyl halides is 1. The number of ether oxygens (including phenoxy) is 4. The number of carbonyl (C=O) groups excluding carboxylic acids is 4. The molecule has 11 nitrogen and oxygen atoms in total. The van der Waals surface area contributed by atoms with Gasteiger partial charge in [0.1, 0.15) is 23.7 Å². The Labute approximate surface area is 254 Å². The summed E-state index contributed by atoms with van der Waals surface area (Å²) in [5, 5.41) is 35.9. The van der Waals surface area contributed by atoms with E-state index in [4.69, 9.17) is 30.5 Å².